The third-order valence-electron chi connectivity index (χ3n) is 2.51. The van der Waals surface area contributed by atoms with Crippen molar-refractivity contribution in [2.45, 2.75) is 0 Å². The minimum atomic E-state index is -0.205. The summed E-state index contributed by atoms with van der Waals surface area (Å²) in [7, 11) is 0. The predicted octanol–water partition coefficient (Wildman–Crippen LogP) is 2.95. The lowest BCUT2D eigenvalue weighted by Crippen LogP contribution is -2.05. The Bertz CT molecular complexity index is 731. The van der Waals surface area contributed by atoms with E-state index in [1.165, 1.54) is 6.33 Å². The highest BCUT2D eigenvalue weighted by Crippen LogP contribution is 2.35. The van der Waals surface area contributed by atoms with Gasteiger partial charge in [0.25, 0.3) is 5.56 Å². The van der Waals surface area contributed by atoms with Crippen LogP contribution in [0.2, 0.25) is 0 Å². The lowest BCUT2D eigenvalue weighted by atomic mass is 10.1. The fraction of sp³-hybridized carbons (Fsp3) is 0. The third-order valence-corrected chi connectivity index (χ3v) is 3.07. The molecule has 0 amide bonds. The molecule has 0 bridgehead atoms. The summed E-state index contributed by atoms with van der Waals surface area (Å²) in [4.78, 5) is 18.4. The second-order valence-corrected chi connectivity index (χ2v) is 4.25. The minimum absolute atomic E-state index is 0.205. The van der Waals surface area contributed by atoms with Gasteiger partial charge in [-0.25, -0.2) is 4.98 Å². The van der Waals surface area contributed by atoms with Gasteiger partial charge in [-0.3, -0.25) is 4.79 Å². The van der Waals surface area contributed by atoms with Gasteiger partial charge in [0.05, 0.1) is 11.9 Å². The van der Waals surface area contributed by atoms with E-state index in [-0.39, 0.29) is 5.56 Å². The normalized spacial score (nSPS) is 10.9. The SMILES string of the molecule is O=c1[nH]cnc2oc(Br)c(-c3ccccc3)c12. The summed E-state index contributed by atoms with van der Waals surface area (Å²) in [6.07, 6.45) is 1.33. The lowest BCUT2D eigenvalue weighted by Gasteiger charge is -1.97. The molecule has 0 saturated heterocycles. The van der Waals surface area contributed by atoms with Gasteiger partial charge in [0.15, 0.2) is 4.67 Å². The number of aromatic amines is 1. The first-order chi connectivity index (χ1) is 8.27. The van der Waals surface area contributed by atoms with Crippen LogP contribution < -0.4 is 5.56 Å². The van der Waals surface area contributed by atoms with Crippen LogP contribution in [0.5, 0.6) is 0 Å². The largest absolute Gasteiger partial charge is 0.430 e. The molecule has 5 heteroatoms. The fourth-order valence-electron chi connectivity index (χ4n) is 1.78. The number of rotatable bonds is 1. The molecule has 17 heavy (non-hydrogen) atoms. The van der Waals surface area contributed by atoms with Crippen LogP contribution in [0.1, 0.15) is 0 Å². The molecule has 2 heterocycles. The number of nitrogens with zero attached hydrogens (tertiary/aromatic N) is 1. The van der Waals surface area contributed by atoms with Crippen LogP contribution in [0.4, 0.5) is 0 Å². The van der Waals surface area contributed by atoms with E-state index in [1.807, 2.05) is 30.3 Å². The maximum Gasteiger partial charge on any atom is 0.262 e. The summed E-state index contributed by atoms with van der Waals surface area (Å²) in [5, 5.41) is 0.463. The molecule has 3 rings (SSSR count). The molecule has 4 nitrogen and oxygen atoms in total. The molecular weight excluding hydrogens is 284 g/mol. The maximum atomic E-state index is 11.8. The van der Waals surface area contributed by atoms with Crippen molar-refractivity contribution >= 4 is 27.0 Å². The zero-order chi connectivity index (χ0) is 11.8. The number of H-pyrrole nitrogens is 1. The monoisotopic (exact) mass is 290 g/mol. The van der Waals surface area contributed by atoms with E-state index >= 15 is 0 Å². The number of benzene rings is 1. The summed E-state index contributed by atoms with van der Waals surface area (Å²) >= 11 is 3.32. The van der Waals surface area contributed by atoms with Crippen LogP contribution in [0.3, 0.4) is 0 Å². The van der Waals surface area contributed by atoms with Crippen molar-refractivity contribution in [3.8, 4) is 11.1 Å². The predicted molar refractivity (Wildman–Crippen MR) is 67.8 cm³/mol. The van der Waals surface area contributed by atoms with Gasteiger partial charge in [0, 0.05) is 0 Å². The second kappa shape index (κ2) is 3.85. The number of halogens is 1. The number of nitrogens with one attached hydrogen (secondary N) is 1. The summed E-state index contributed by atoms with van der Waals surface area (Å²) in [6.45, 7) is 0. The van der Waals surface area contributed by atoms with Crippen LogP contribution in [0.15, 0.2) is 50.5 Å². The third kappa shape index (κ3) is 1.59. The zero-order valence-corrected chi connectivity index (χ0v) is 10.2. The van der Waals surface area contributed by atoms with E-state index in [0.29, 0.717) is 15.8 Å². The number of hydrogen-bond donors (Lipinski definition) is 1. The van der Waals surface area contributed by atoms with Gasteiger partial charge in [0.2, 0.25) is 5.71 Å². The molecule has 84 valence electrons. The summed E-state index contributed by atoms with van der Waals surface area (Å²) < 4.78 is 5.94. The fourth-order valence-corrected chi connectivity index (χ4v) is 2.36. The molecule has 0 unspecified atom stereocenters. The van der Waals surface area contributed by atoms with E-state index in [2.05, 4.69) is 25.9 Å². The average Bonchev–Trinajstić information content (AvgIpc) is 2.68. The molecular formula is C12H7BrN2O2. The van der Waals surface area contributed by atoms with E-state index in [0.717, 1.165) is 11.1 Å². The van der Waals surface area contributed by atoms with Crippen molar-refractivity contribution in [2.24, 2.45) is 0 Å². The molecule has 0 spiro atoms. The van der Waals surface area contributed by atoms with Crippen LogP contribution in [-0.4, -0.2) is 9.97 Å². The Morgan fingerprint density at radius 2 is 2.00 bits per heavy atom. The highest BCUT2D eigenvalue weighted by molar-refractivity contribution is 9.10. The van der Waals surface area contributed by atoms with Gasteiger partial charge in [-0.15, -0.1) is 0 Å². The van der Waals surface area contributed by atoms with Crippen LogP contribution >= 0.6 is 15.9 Å². The quantitative estimate of drug-likeness (QED) is 0.750. The van der Waals surface area contributed by atoms with Gasteiger partial charge in [-0.2, -0.15) is 0 Å². The first kappa shape index (κ1) is 10.3. The average molecular weight is 291 g/mol. The molecule has 3 aromatic rings. The van der Waals surface area contributed by atoms with Crippen molar-refractivity contribution in [2.75, 3.05) is 0 Å². The van der Waals surface area contributed by atoms with E-state index in [1.54, 1.807) is 0 Å². The second-order valence-electron chi connectivity index (χ2n) is 3.53. The first-order valence-corrected chi connectivity index (χ1v) is 5.78. The Balaban J connectivity index is 2.44. The molecule has 0 aliphatic carbocycles. The van der Waals surface area contributed by atoms with Crippen LogP contribution in [0.25, 0.3) is 22.2 Å². The smallest absolute Gasteiger partial charge is 0.262 e. The Labute approximate surface area is 104 Å². The van der Waals surface area contributed by atoms with Crippen molar-refractivity contribution in [1.82, 2.24) is 9.97 Å². The van der Waals surface area contributed by atoms with Gasteiger partial charge < -0.3 is 9.40 Å². The molecule has 1 N–H and O–H groups in total. The Morgan fingerprint density at radius 3 is 2.76 bits per heavy atom. The van der Waals surface area contributed by atoms with E-state index < -0.39 is 0 Å². The highest BCUT2D eigenvalue weighted by Gasteiger charge is 2.17. The van der Waals surface area contributed by atoms with Gasteiger partial charge in [-0.1, -0.05) is 30.3 Å². The minimum Gasteiger partial charge on any atom is -0.430 e. The van der Waals surface area contributed by atoms with E-state index in [4.69, 9.17) is 4.42 Å². The molecule has 2 aromatic heterocycles. The number of fused-ring (bicyclic) bond motifs is 1. The van der Waals surface area contributed by atoms with Crippen molar-refractivity contribution in [1.29, 1.82) is 0 Å². The standard InChI is InChI=1S/C12H7BrN2O2/c13-10-8(7-4-2-1-3-5-7)9-11(16)14-6-15-12(9)17-10/h1-6H,(H,14,15,16). The van der Waals surface area contributed by atoms with Gasteiger partial charge >= 0.3 is 0 Å². The number of furan rings is 1. The molecule has 0 atom stereocenters. The Hall–Kier alpha value is -1.88. The Morgan fingerprint density at radius 1 is 1.24 bits per heavy atom. The van der Waals surface area contributed by atoms with Crippen molar-refractivity contribution in [3.63, 3.8) is 0 Å². The summed E-state index contributed by atoms with van der Waals surface area (Å²) in [6, 6.07) is 9.57. The van der Waals surface area contributed by atoms with Gasteiger partial charge in [-0.05, 0) is 21.5 Å². The van der Waals surface area contributed by atoms with Crippen LogP contribution in [0, 0.1) is 0 Å². The van der Waals surface area contributed by atoms with E-state index in [9.17, 15) is 4.79 Å². The van der Waals surface area contributed by atoms with Gasteiger partial charge in [0.1, 0.15) is 5.39 Å². The number of hydrogen-bond acceptors (Lipinski definition) is 3. The van der Waals surface area contributed by atoms with Crippen molar-refractivity contribution in [3.05, 3.63) is 51.7 Å². The number of aromatic nitrogens is 2. The maximum absolute atomic E-state index is 11.8. The van der Waals surface area contributed by atoms with Crippen LogP contribution in [-0.2, 0) is 0 Å². The molecule has 0 fully saturated rings. The highest BCUT2D eigenvalue weighted by atomic mass is 79.9. The molecule has 0 aliphatic rings. The lowest BCUT2D eigenvalue weighted by molar-refractivity contribution is 0.576. The Kier molecular flexibility index (Phi) is 2.33. The topological polar surface area (TPSA) is 58.9 Å². The molecule has 0 radical (unpaired) electrons. The summed E-state index contributed by atoms with van der Waals surface area (Å²) in [5.41, 5.74) is 1.77. The zero-order valence-electron chi connectivity index (χ0n) is 8.61. The van der Waals surface area contributed by atoms with Crippen molar-refractivity contribution < 1.29 is 4.42 Å². The first-order valence-electron chi connectivity index (χ1n) is 4.98. The molecule has 1 aromatic carbocycles. The molecule has 0 saturated carbocycles. The summed E-state index contributed by atoms with van der Waals surface area (Å²) in [5.74, 6) is 0. The molecule has 0 aliphatic heterocycles.